The lowest BCUT2D eigenvalue weighted by Crippen LogP contribution is -2.40. The van der Waals surface area contributed by atoms with Gasteiger partial charge in [-0.1, -0.05) is 19.3 Å². The maximum atomic E-state index is 4.73. The van der Waals surface area contributed by atoms with Crippen LogP contribution in [0.15, 0.2) is 34.8 Å². The fourth-order valence-electron chi connectivity index (χ4n) is 3.85. The summed E-state index contributed by atoms with van der Waals surface area (Å²) in [5, 5.41) is 11.8. The summed E-state index contributed by atoms with van der Waals surface area (Å²) in [4.78, 5) is 16.8. The van der Waals surface area contributed by atoms with Crippen LogP contribution in [0.5, 0.6) is 0 Å². The topological polar surface area (TPSA) is 96.1 Å². The zero-order valence-corrected chi connectivity index (χ0v) is 13.2. The van der Waals surface area contributed by atoms with Gasteiger partial charge < -0.3 is 10.3 Å². The first-order chi connectivity index (χ1) is 11.8. The Bertz CT molecular complexity index is 902. The van der Waals surface area contributed by atoms with Crippen LogP contribution in [0.1, 0.15) is 32.1 Å². The number of hydrogen-bond donors (Lipinski definition) is 2. The van der Waals surface area contributed by atoms with Gasteiger partial charge >= 0.3 is 0 Å². The number of fused-ring (bicyclic) bond motifs is 4. The molecule has 4 heterocycles. The van der Waals surface area contributed by atoms with Crippen LogP contribution in [0.2, 0.25) is 0 Å². The van der Waals surface area contributed by atoms with E-state index in [9.17, 15) is 0 Å². The van der Waals surface area contributed by atoms with Gasteiger partial charge in [0.2, 0.25) is 5.95 Å². The molecule has 24 heavy (non-hydrogen) atoms. The van der Waals surface area contributed by atoms with Crippen LogP contribution < -0.4 is 5.32 Å². The van der Waals surface area contributed by atoms with Gasteiger partial charge in [0.1, 0.15) is 11.3 Å². The summed E-state index contributed by atoms with van der Waals surface area (Å²) in [6.07, 6.45) is 9.54. The van der Waals surface area contributed by atoms with E-state index in [1.807, 2.05) is 18.3 Å². The molecule has 122 valence electrons. The molecule has 1 fully saturated rings. The molecule has 0 atom stereocenters. The molecule has 3 aromatic rings. The number of H-pyrrole nitrogens is 1. The lowest BCUT2D eigenvalue weighted by molar-refractivity contribution is 0.199. The Kier molecular flexibility index (Phi) is 2.91. The van der Waals surface area contributed by atoms with E-state index < -0.39 is 0 Å². The molecule has 1 aliphatic heterocycles. The number of aromatic nitrogens is 5. The number of anilines is 2. The molecular formula is C16H18N8. The summed E-state index contributed by atoms with van der Waals surface area (Å²) in [5.41, 5.74) is 1.59. The molecule has 1 saturated carbocycles. The predicted octanol–water partition coefficient (Wildman–Crippen LogP) is 3.65. The Morgan fingerprint density at radius 2 is 2.08 bits per heavy atom. The second kappa shape index (κ2) is 5.12. The van der Waals surface area contributed by atoms with Crippen LogP contribution in [0.4, 0.5) is 17.7 Å². The Morgan fingerprint density at radius 1 is 1.17 bits per heavy atom. The first kappa shape index (κ1) is 13.6. The lowest BCUT2D eigenvalue weighted by Gasteiger charge is -2.39. The van der Waals surface area contributed by atoms with Gasteiger partial charge in [0.05, 0.1) is 18.3 Å². The van der Waals surface area contributed by atoms with E-state index in [2.05, 4.69) is 35.1 Å². The van der Waals surface area contributed by atoms with E-state index in [0.29, 0.717) is 11.9 Å². The molecule has 0 aromatic carbocycles. The quantitative estimate of drug-likeness (QED) is 0.752. The molecule has 2 aliphatic rings. The van der Waals surface area contributed by atoms with E-state index in [4.69, 9.17) is 4.98 Å². The molecule has 0 amide bonds. The second-order valence-corrected chi connectivity index (χ2v) is 6.54. The summed E-state index contributed by atoms with van der Waals surface area (Å²) in [6.45, 7) is 0.717. The number of rotatable bonds is 2. The summed E-state index contributed by atoms with van der Waals surface area (Å²) in [5.74, 6) is 2.07. The lowest BCUT2D eigenvalue weighted by atomic mass is 9.81. The standard InChI is InChI=1S/C16H18N8/c1-2-6-16(7-3-1)10-19-23-15-20-11-9-18-14(22-13(11)24(15)16)21-12-5-4-8-17-12/h4-5,8-9,17H,1-3,6-7,10H2,(H,18,21,22). The summed E-state index contributed by atoms with van der Waals surface area (Å²) in [7, 11) is 0. The van der Waals surface area contributed by atoms with Crippen molar-refractivity contribution in [1.82, 2.24) is 24.5 Å². The van der Waals surface area contributed by atoms with Crippen molar-refractivity contribution in [2.24, 2.45) is 10.2 Å². The maximum absolute atomic E-state index is 4.73. The van der Waals surface area contributed by atoms with Gasteiger partial charge in [-0.2, -0.15) is 10.1 Å². The molecule has 3 aromatic heterocycles. The molecule has 2 N–H and O–H groups in total. The first-order valence-corrected chi connectivity index (χ1v) is 8.38. The third-order valence-electron chi connectivity index (χ3n) is 5.01. The zero-order chi connectivity index (χ0) is 16.0. The molecule has 1 spiro atoms. The summed E-state index contributed by atoms with van der Waals surface area (Å²) in [6, 6.07) is 3.87. The molecule has 1 aliphatic carbocycles. The maximum Gasteiger partial charge on any atom is 0.251 e. The average molecular weight is 322 g/mol. The van der Waals surface area contributed by atoms with Crippen LogP contribution in [0.25, 0.3) is 11.2 Å². The SMILES string of the molecule is c1c[nH]c(Nc2ncc3nc4n(c3n2)C2(CCCCC2)CN=N4)c1. The minimum absolute atomic E-state index is 0.0257. The van der Waals surface area contributed by atoms with E-state index >= 15 is 0 Å². The van der Waals surface area contributed by atoms with E-state index in [-0.39, 0.29) is 5.54 Å². The highest BCUT2D eigenvalue weighted by molar-refractivity contribution is 5.75. The van der Waals surface area contributed by atoms with Crippen molar-refractivity contribution in [3.05, 3.63) is 24.5 Å². The number of nitrogens with one attached hydrogen (secondary N) is 2. The van der Waals surface area contributed by atoms with Crippen molar-refractivity contribution in [2.75, 3.05) is 11.9 Å². The molecule has 8 nitrogen and oxygen atoms in total. The highest BCUT2D eigenvalue weighted by Gasteiger charge is 2.39. The highest BCUT2D eigenvalue weighted by Crippen LogP contribution is 2.42. The van der Waals surface area contributed by atoms with E-state index in [0.717, 1.165) is 36.4 Å². The molecule has 0 radical (unpaired) electrons. The van der Waals surface area contributed by atoms with Gasteiger partial charge in [0.15, 0.2) is 5.65 Å². The number of aromatic amines is 1. The fraction of sp³-hybridized carbons (Fsp3) is 0.438. The van der Waals surface area contributed by atoms with Gasteiger partial charge in [-0.05, 0) is 25.0 Å². The molecule has 0 unspecified atom stereocenters. The largest absolute Gasteiger partial charge is 0.348 e. The Morgan fingerprint density at radius 3 is 2.92 bits per heavy atom. The zero-order valence-electron chi connectivity index (χ0n) is 13.2. The molecular weight excluding hydrogens is 304 g/mol. The smallest absolute Gasteiger partial charge is 0.251 e. The number of imidazole rings is 1. The van der Waals surface area contributed by atoms with Crippen LogP contribution in [0, 0.1) is 0 Å². The van der Waals surface area contributed by atoms with E-state index in [1.54, 1.807) is 6.20 Å². The van der Waals surface area contributed by atoms with Gasteiger partial charge in [0.25, 0.3) is 5.95 Å². The van der Waals surface area contributed by atoms with Crippen molar-refractivity contribution in [3.63, 3.8) is 0 Å². The number of hydrogen-bond acceptors (Lipinski definition) is 6. The van der Waals surface area contributed by atoms with Gasteiger partial charge in [-0.15, -0.1) is 5.11 Å². The third-order valence-corrected chi connectivity index (χ3v) is 5.01. The minimum atomic E-state index is -0.0257. The Hall–Kier alpha value is -2.77. The van der Waals surface area contributed by atoms with Gasteiger partial charge in [-0.25, -0.2) is 9.97 Å². The van der Waals surface area contributed by atoms with Gasteiger partial charge in [-0.3, -0.25) is 4.57 Å². The monoisotopic (exact) mass is 322 g/mol. The summed E-state index contributed by atoms with van der Waals surface area (Å²) >= 11 is 0. The number of azo groups is 1. The normalized spacial score (nSPS) is 18.8. The van der Waals surface area contributed by atoms with Crippen molar-refractivity contribution in [3.8, 4) is 0 Å². The average Bonchev–Trinajstić information content (AvgIpc) is 3.23. The molecule has 5 rings (SSSR count). The minimum Gasteiger partial charge on any atom is -0.348 e. The highest BCUT2D eigenvalue weighted by atomic mass is 15.4. The molecule has 0 bridgehead atoms. The Balaban J connectivity index is 1.64. The molecule has 0 saturated heterocycles. The Labute approximate surface area is 138 Å². The van der Waals surface area contributed by atoms with E-state index in [1.165, 1.54) is 19.3 Å². The predicted molar refractivity (Wildman–Crippen MR) is 89.8 cm³/mol. The number of nitrogens with zero attached hydrogens (tertiary/aromatic N) is 6. The third kappa shape index (κ3) is 2.02. The van der Waals surface area contributed by atoms with Crippen molar-refractivity contribution >= 4 is 28.9 Å². The van der Waals surface area contributed by atoms with Crippen LogP contribution >= 0.6 is 0 Å². The van der Waals surface area contributed by atoms with Crippen LogP contribution in [-0.2, 0) is 5.54 Å². The summed E-state index contributed by atoms with van der Waals surface area (Å²) < 4.78 is 2.20. The van der Waals surface area contributed by atoms with Crippen molar-refractivity contribution < 1.29 is 0 Å². The van der Waals surface area contributed by atoms with Crippen molar-refractivity contribution in [1.29, 1.82) is 0 Å². The van der Waals surface area contributed by atoms with Crippen LogP contribution in [-0.4, -0.2) is 31.0 Å². The van der Waals surface area contributed by atoms with Crippen molar-refractivity contribution in [2.45, 2.75) is 37.6 Å². The fourth-order valence-corrected chi connectivity index (χ4v) is 3.85. The first-order valence-electron chi connectivity index (χ1n) is 8.38. The van der Waals surface area contributed by atoms with Crippen LogP contribution in [0.3, 0.4) is 0 Å². The van der Waals surface area contributed by atoms with Gasteiger partial charge in [0, 0.05) is 6.20 Å². The second-order valence-electron chi connectivity index (χ2n) is 6.54. The molecule has 8 heteroatoms.